The van der Waals surface area contributed by atoms with Crippen LogP contribution in [0.5, 0.6) is 17.2 Å². The second-order valence-electron chi connectivity index (χ2n) is 13.9. The van der Waals surface area contributed by atoms with E-state index in [2.05, 4.69) is 6.92 Å². The summed E-state index contributed by atoms with van der Waals surface area (Å²) in [6, 6.07) is 15.4. The zero-order valence-corrected chi connectivity index (χ0v) is 29.1. The molecule has 4 fully saturated rings. The van der Waals surface area contributed by atoms with Crippen molar-refractivity contribution in [2.75, 3.05) is 13.2 Å². The molecule has 2 unspecified atom stereocenters. The van der Waals surface area contributed by atoms with Gasteiger partial charge in [-0.15, -0.1) is 0 Å². The van der Waals surface area contributed by atoms with E-state index in [-0.39, 0.29) is 48.0 Å². The Kier molecular flexibility index (Phi) is 9.79. The summed E-state index contributed by atoms with van der Waals surface area (Å²) in [4.78, 5) is 16.5. The number of unbranched alkanes of at least 4 members (excludes halogenated alkanes) is 1. The van der Waals surface area contributed by atoms with E-state index in [1.807, 2.05) is 29.2 Å². The van der Waals surface area contributed by atoms with Gasteiger partial charge in [-0.3, -0.25) is 4.79 Å². The number of sulfonamides is 1. The Morgan fingerprint density at radius 2 is 1.54 bits per heavy atom. The second-order valence-corrected chi connectivity index (χ2v) is 16.2. The lowest BCUT2D eigenvalue weighted by Crippen LogP contribution is -2.55. The number of carbonyl (C=O) groups excluding carboxylic acids is 1. The first-order valence-corrected chi connectivity index (χ1v) is 19.4. The average molecular weight is 696 g/mol. The molecule has 11 heteroatoms. The number of hydrogen-bond donors (Lipinski definition) is 1. The standard InChI is InChI=1S/C37H46ClN3O6S/c1-2-3-16-45-36-22-31(13-15-34(36)38)47-32-21-35(37(42)41-27-10-11-28(41)20-26(39)19-27)40(23-32)48(43,44)33-14-9-24-17-30(12-8-25(24)18-33)46-29-6-4-5-7-29/h8-9,12-15,17-18,22,26-29,32,35H,2-7,10-11,16,19-21,23,39H2,1H3/t26?,27?,28?,32-,35-/m0/s1. The van der Waals surface area contributed by atoms with Crippen molar-refractivity contribution in [2.24, 2.45) is 5.73 Å². The number of benzene rings is 3. The Morgan fingerprint density at radius 3 is 2.29 bits per heavy atom. The number of piperidine rings is 1. The summed E-state index contributed by atoms with van der Waals surface area (Å²) in [5, 5.41) is 2.18. The fourth-order valence-corrected chi connectivity index (χ4v) is 9.88. The van der Waals surface area contributed by atoms with Gasteiger partial charge in [-0.2, -0.15) is 4.31 Å². The molecule has 0 radical (unpaired) electrons. The monoisotopic (exact) mass is 695 g/mol. The first-order chi connectivity index (χ1) is 23.2. The van der Waals surface area contributed by atoms with Gasteiger partial charge in [0.1, 0.15) is 29.4 Å². The molecule has 1 saturated carbocycles. The molecule has 9 nitrogen and oxygen atoms in total. The van der Waals surface area contributed by atoms with Crippen LogP contribution in [-0.2, 0) is 14.8 Å². The summed E-state index contributed by atoms with van der Waals surface area (Å²) in [5.74, 6) is 1.68. The highest BCUT2D eigenvalue weighted by Crippen LogP contribution is 2.39. The summed E-state index contributed by atoms with van der Waals surface area (Å²) in [5.41, 5.74) is 6.32. The molecule has 4 aliphatic rings. The zero-order chi connectivity index (χ0) is 33.4. The molecule has 3 aromatic rings. The smallest absolute Gasteiger partial charge is 0.243 e. The molecule has 3 aromatic carbocycles. The number of fused-ring (bicyclic) bond motifs is 3. The van der Waals surface area contributed by atoms with E-state index < -0.39 is 22.2 Å². The number of ether oxygens (including phenoxy) is 3. The Labute approximate surface area is 288 Å². The van der Waals surface area contributed by atoms with E-state index in [1.54, 1.807) is 30.3 Å². The lowest BCUT2D eigenvalue weighted by molar-refractivity contribution is -0.139. The summed E-state index contributed by atoms with van der Waals surface area (Å²) in [6.45, 7) is 2.67. The number of carbonyl (C=O) groups is 1. The van der Waals surface area contributed by atoms with Crippen molar-refractivity contribution >= 4 is 38.3 Å². The number of halogens is 1. The zero-order valence-electron chi connectivity index (χ0n) is 27.6. The molecular weight excluding hydrogens is 650 g/mol. The molecule has 4 atom stereocenters. The molecule has 7 rings (SSSR count). The van der Waals surface area contributed by atoms with Gasteiger partial charge in [0.25, 0.3) is 0 Å². The van der Waals surface area contributed by atoms with Gasteiger partial charge in [-0.1, -0.05) is 37.1 Å². The minimum absolute atomic E-state index is 0.0381. The summed E-state index contributed by atoms with van der Waals surface area (Å²) < 4.78 is 48.7. The number of nitrogens with zero attached hydrogens (tertiary/aromatic N) is 2. The summed E-state index contributed by atoms with van der Waals surface area (Å²) in [7, 11) is -4.07. The molecule has 2 bridgehead atoms. The minimum Gasteiger partial charge on any atom is -0.492 e. The topological polar surface area (TPSA) is 111 Å². The van der Waals surface area contributed by atoms with Crippen LogP contribution < -0.4 is 19.9 Å². The maximum Gasteiger partial charge on any atom is 0.243 e. The highest BCUT2D eigenvalue weighted by molar-refractivity contribution is 7.89. The predicted octanol–water partition coefficient (Wildman–Crippen LogP) is 6.68. The highest BCUT2D eigenvalue weighted by atomic mass is 35.5. The fraction of sp³-hybridized carbons (Fsp3) is 0.541. The van der Waals surface area contributed by atoms with Crippen molar-refractivity contribution in [3.8, 4) is 17.2 Å². The van der Waals surface area contributed by atoms with E-state index in [4.69, 9.17) is 31.5 Å². The third kappa shape index (κ3) is 6.86. The maximum absolute atomic E-state index is 14.5. The summed E-state index contributed by atoms with van der Waals surface area (Å²) >= 11 is 6.39. The first-order valence-electron chi connectivity index (χ1n) is 17.6. The molecule has 3 aliphatic heterocycles. The maximum atomic E-state index is 14.5. The van der Waals surface area contributed by atoms with Gasteiger partial charge in [-0.05, 0) is 105 Å². The van der Waals surface area contributed by atoms with Crippen LogP contribution in [0.1, 0.15) is 77.6 Å². The Morgan fingerprint density at radius 1 is 0.875 bits per heavy atom. The molecule has 0 aromatic heterocycles. The van der Waals surface area contributed by atoms with Gasteiger partial charge < -0.3 is 24.8 Å². The third-order valence-electron chi connectivity index (χ3n) is 10.5. The lowest BCUT2D eigenvalue weighted by Gasteiger charge is -2.40. The van der Waals surface area contributed by atoms with Crippen LogP contribution in [0, 0.1) is 0 Å². The van der Waals surface area contributed by atoms with Crippen LogP contribution in [0.2, 0.25) is 5.02 Å². The normalized spacial score (nSPS) is 26.3. The average Bonchev–Trinajstić information content (AvgIpc) is 3.81. The molecule has 3 saturated heterocycles. The van der Waals surface area contributed by atoms with Gasteiger partial charge >= 0.3 is 0 Å². The van der Waals surface area contributed by atoms with Crippen molar-refractivity contribution in [3.05, 3.63) is 59.6 Å². The quantitative estimate of drug-likeness (QED) is 0.223. The molecular formula is C37H46ClN3O6S. The molecule has 2 N–H and O–H groups in total. The van der Waals surface area contributed by atoms with Crippen molar-refractivity contribution in [2.45, 2.75) is 119 Å². The van der Waals surface area contributed by atoms with Crippen LogP contribution in [-0.4, -0.2) is 73.1 Å². The molecule has 3 heterocycles. The van der Waals surface area contributed by atoms with E-state index in [9.17, 15) is 13.2 Å². The van der Waals surface area contributed by atoms with E-state index >= 15 is 0 Å². The van der Waals surface area contributed by atoms with Crippen LogP contribution in [0.15, 0.2) is 59.5 Å². The predicted molar refractivity (Wildman–Crippen MR) is 186 cm³/mol. The largest absolute Gasteiger partial charge is 0.492 e. The Hall–Kier alpha value is -3.05. The van der Waals surface area contributed by atoms with Crippen LogP contribution >= 0.6 is 11.6 Å². The molecule has 258 valence electrons. The Balaban J connectivity index is 1.15. The SMILES string of the molecule is CCCCOc1cc(O[C@H]2C[C@@H](C(=O)N3C4CCC3CC(N)C4)N(S(=O)(=O)c3ccc4cc(OC5CCCC5)ccc4c3)C2)ccc1Cl. The number of hydrogen-bond acceptors (Lipinski definition) is 7. The van der Waals surface area contributed by atoms with E-state index in [1.165, 1.54) is 17.1 Å². The number of nitrogens with two attached hydrogens (primary N) is 1. The minimum atomic E-state index is -4.07. The first kappa shape index (κ1) is 33.4. The van der Waals surface area contributed by atoms with Gasteiger partial charge in [0.15, 0.2) is 0 Å². The summed E-state index contributed by atoms with van der Waals surface area (Å²) in [6.07, 6.45) is 9.59. The number of rotatable bonds is 11. The van der Waals surface area contributed by atoms with E-state index in [0.717, 1.165) is 67.9 Å². The van der Waals surface area contributed by atoms with Gasteiger partial charge in [0.2, 0.25) is 15.9 Å². The van der Waals surface area contributed by atoms with Gasteiger partial charge in [-0.25, -0.2) is 8.42 Å². The fourth-order valence-electron chi connectivity index (χ4n) is 8.05. The van der Waals surface area contributed by atoms with Gasteiger partial charge in [0, 0.05) is 30.6 Å². The van der Waals surface area contributed by atoms with E-state index in [0.29, 0.717) is 23.1 Å². The van der Waals surface area contributed by atoms with Crippen molar-refractivity contribution in [1.82, 2.24) is 9.21 Å². The van der Waals surface area contributed by atoms with Gasteiger partial charge in [0.05, 0.1) is 29.2 Å². The van der Waals surface area contributed by atoms with Crippen LogP contribution in [0.3, 0.4) is 0 Å². The Bertz CT molecular complexity index is 1730. The molecule has 48 heavy (non-hydrogen) atoms. The highest BCUT2D eigenvalue weighted by Gasteiger charge is 2.51. The third-order valence-corrected chi connectivity index (χ3v) is 12.7. The second kappa shape index (κ2) is 14.1. The van der Waals surface area contributed by atoms with Crippen molar-refractivity contribution in [1.29, 1.82) is 0 Å². The van der Waals surface area contributed by atoms with Crippen LogP contribution in [0.25, 0.3) is 10.8 Å². The lowest BCUT2D eigenvalue weighted by atomic mass is 9.97. The number of amides is 1. The molecule has 1 aliphatic carbocycles. The van der Waals surface area contributed by atoms with Crippen molar-refractivity contribution in [3.63, 3.8) is 0 Å². The van der Waals surface area contributed by atoms with Crippen LogP contribution in [0.4, 0.5) is 0 Å². The molecule has 1 amide bonds. The van der Waals surface area contributed by atoms with Crippen molar-refractivity contribution < 1.29 is 27.4 Å². The molecule has 0 spiro atoms.